The third-order valence-corrected chi connectivity index (χ3v) is 13.1. The minimum absolute atomic E-state index is 0.554. The zero-order chi connectivity index (χ0) is 40.8. The van der Waals surface area contributed by atoms with E-state index in [0.717, 1.165) is 77.5 Å². The Morgan fingerprint density at radius 2 is 1.00 bits per heavy atom. The molecule has 1 aliphatic carbocycles. The molecular formula is C59H37NO2. The van der Waals surface area contributed by atoms with Gasteiger partial charge in [-0.3, -0.25) is 0 Å². The number of benzene rings is 10. The van der Waals surface area contributed by atoms with Gasteiger partial charge in [0.2, 0.25) is 0 Å². The van der Waals surface area contributed by atoms with Crippen LogP contribution in [0.25, 0.3) is 76.9 Å². The van der Waals surface area contributed by atoms with Gasteiger partial charge in [0.05, 0.1) is 22.2 Å². The molecule has 0 radical (unpaired) electrons. The van der Waals surface area contributed by atoms with Gasteiger partial charge in [-0.05, 0) is 98.9 Å². The minimum atomic E-state index is -0.554. The van der Waals surface area contributed by atoms with Gasteiger partial charge >= 0.3 is 0 Å². The molecule has 0 spiro atoms. The van der Waals surface area contributed by atoms with Crippen molar-refractivity contribution in [3.63, 3.8) is 0 Å². The summed E-state index contributed by atoms with van der Waals surface area (Å²) in [6.07, 6.45) is 0. The van der Waals surface area contributed by atoms with Crippen molar-refractivity contribution in [1.82, 2.24) is 0 Å². The molecule has 290 valence electrons. The maximum atomic E-state index is 6.59. The van der Waals surface area contributed by atoms with E-state index in [9.17, 15) is 0 Å². The smallest absolute Gasteiger partial charge is 0.143 e. The highest BCUT2D eigenvalue weighted by Gasteiger charge is 2.46. The molecule has 10 aromatic carbocycles. The lowest BCUT2D eigenvalue weighted by Gasteiger charge is -2.35. The fraction of sp³-hybridized carbons (Fsp3) is 0.0169. The molecule has 0 atom stereocenters. The highest BCUT2D eigenvalue weighted by Crippen LogP contribution is 2.58. The number of furan rings is 2. The lowest BCUT2D eigenvalue weighted by molar-refractivity contribution is 0.669. The fourth-order valence-corrected chi connectivity index (χ4v) is 10.5. The molecular weight excluding hydrogens is 755 g/mol. The van der Waals surface area contributed by atoms with Crippen LogP contribution in [0.5, 0.6) is 0 Å². The molecule has 12 aromatic rings. The largest absolute Gasteiger partial charge is 0.456 e. The standard InChI is InChI=1S/C59H37NO2/c1-3-17-40(18-4-1)59(41-19-5-2-6-20-41)50-25-12-9-23-45(50)46-34-32-42(37-51(46)59)60(53-27-15-29-56-57(53)48-24-11-14-28-54(48)61-56)52-26-13-10-21-43(52)39-31-35-55-49(36-39)47-33-30-38-16-7-8-22-44(38)58(47)62-55/h1-37H. The van der Waals surface area contributed by atoms with Gasteiger partial charge in [-0.1, -0.05) is 170 Å². The first-order valence-electron chi connectivity index (χ1n) is 21.2. The first-order chi connectivity index (χ1) is 30.8. The van der Waals surface area contributed by atoms with Crippen LogP contribution in [0.2, 0.25) is 0 Å². The lowest BCUT2D eigenvalue weighted by Crippen LogP contribution is -2.28. The SMILES string of the molecule is c1ccc(C2(c3ccccc3)c3ccccc3-c3ccc(N(c4ccccc4-c4ccc5oc6c7ccccc7ccc6c5c4)c4cccc5oc6ccccc6c45)cc32)cc1. The van der Waals surface area contributed by atoms with Gasteiger partial charge in [0.25, 0.3) is 0 Å². The Morgan fingerprint density at radius 3 is 1.84 bits per heavy atom. The summed E-state index contributed by atoms with van der Waals surface area (Å²) in [5, 5.41) is 6.65. The molecule has 2 aromatic heterocycles. The van der Waals surface area contributed by atoms with E-state index in [1.807, 2.05) is 6.07 Å². The molecule has 3 nitrogen and oxygen atoms in total. The molecule has 13 rings (SSSR count). The molecule has 0 unspecified atom stereocenters. The van der Waals surface area contributed by atoms with E-state index < -0.39 is 5.41 Å². The Hall–Kier alpha value is -8.14. The third-order valence-electron chi connectivity index (χ3n) is 13.1. The number of hydrogen-bond acceptors (Lipinski definition) is 3. The molecule has 0 fully saturated rings. The second-order valence-electron chi connectivity index (χ2n) is 16.3. The van der Waals surface area contributed by atoms with Crippen molar-refractivity contribution in [2.24, 2.45) is 0 Å². The summed E-state index contributed by atoms with van der Waals surface area (Å²) in [5.41, 5.74) is 15.8. The quantitative estimate of drug-likeness (QED) is 0.168. The summed E-state index contributed by atoms with van der Waals surface area (Å²) < 4.78 is 13.2. The van der Waals surface area contributed by atoms with Crippen LogP contribution in [0.1, 0.15) is 22.3 Å². The van der Waals surface area contributed by atoms with Crippen LogP contribution in [0.3, 0.4) is 0 Å². The van der Waals surface area contributed by atoms with Crippen LogP contribution in [0.4, 0.5) is 17.1 Å². The number of rotatable bonds is 6. The number of fused-ring (bicyclic) bond motifs is 11. The van der Waals surface area contributed by atoms with Gasteiger partial charge in [0, 0.05) is 32.8 Å². The first kappa shape index (κ1) is 34.7. The Kier molecular flexibility index (Phi) is 7.52. The van der Waals surface area contributed by atoms with Gasteiger partial charge in [0.1, 0.15) is 22.3 Å². The Morgan fingerprint density at radius 1 is 0.355 bits per heavy atom. The van der Waals surface area contributed by atoms with Crippen molar-refractivity contribution in [2.45, 2.75) is 5.41 Å². The first-order valence-corrected chi connectivity index (χ1v) is 21.2. The van der Waals surface area contributed by atoms with E-state index in [1.165, 1.54) is 38.8 Å². The molecule has 0 N–H and O–H groups in total. The molecule has 2 heterocycles. The summed E-state index contributed by atoms with van der Waals surface area (Å²) in [6.45, 7) is 0. The van der Waals surface area contributed by atoms with E-state index in [4.69, 9.17) is 8.83 Å². The van der Waals surface area contributed by atoms with Crippen LogP contribution in [-0.2, 0) is 5.41 Å². The fourth-order valence-electron chi connectivity index (χ4n) is 10.5. The topological polar surface area (TPSA) is 29.5 Å². The molecule has 0 saturated heterocycles. The van der Waals surface area contributed by atoms with E-state index in [0.29, 0.717) is 0 Å². The molecule has 0 aliphatic heterocycles. The highest BCUT2D eigenvalue weighted by atomic mass is 16.3. The Balaban J connectivity index is 1.10. The molecule has 0 bridgehead atoms. The number of para-hydroxylation sites is 2. The van der Waals surface area contributed by atoms with Gasteiger partial charge in [-0.2, -0.15) is 0 Å². The number of anilines is 3. The molecule has 1 aliphatic rings. The van der Waals surface area contributed by atoms with Crippen molar-refractivity contribution >= 4 is 71.7 Å². The summed E-state index contributed by atoms with van der Waals surface area (Å²) in [7, 11) is 0. The highest BCUT2D eigenvalue weighted by molar-refractivity contribution is 6.17. The van der Waals surface area contributed by atoms with Crippen molar-refractivity contribution in [3.05, 3.63) is 247 Å². The minimum Gasteiger partial charge on any atom is -0.456 e. The zero-order valence-corrected chi connectivity index (χ0v) is 33.6. The average Bonchev–Trinajstić information content (AvgIpc) is 4.01. The van der Waals surface area contributed by atoms with E-state index >= 15 is 0 Å². The van der Waals surface area contributed by atoms with Gasteiger partial charge in [0.15, 0.2) is 0 Å². The number of nitrogens with zero attached hydrogens (tertiary/aromatic N) is 1. The molecule has 0 amide bonds. The summed E-state index contributed by atoms with van der Waals surface area (Å²) in [5.74, 6) is 0. The van der Waals surface area contributed by atoms with Crippen LogP contribution >= 0.6 is 0 Å². The van der Waals surface area contributed by atoms with E-state index in [2.05, 4.69) is 223 Å². The normalized spacial score (nSPS) is 13.0. The molecule has 3 heteroatoms. The van der Waals surface area contributed by atoms with Crippen LogP contribution < -0.4 is 4.90 Å². The maximum absolute atomic E-state index is 6.59. The number of hydrogen-bond donors (Lipinski definition) is 0. The van der Waals surface area contributed by atoms with Crippen molar-refractivity contribution in [3.8, 4) is 22.3 Å². The van der Waals surface area contributed by atoms with Crippen LogP contribution in [0.15, 0.2) is 233 Å². The predicted octanol–water partition coefficient (Wildman–Crippen LogP) is 16.1. The predicted molar refractivity (Wildman–Crippen MR) is 256 cm³/mol. The van der Waals surface area contributed by atoms with Gasteiger partial charge in [-0.25, -0.2) is 0 Å². The second-order valence-corrected chi connectivity index (χ2v) is 16.3. The summed E-state index contributed by atoms with van der Waals surface area (Å²) in [4.78, 5) is 2.45. The monoisotopic (exact) mass is 791 g/mol. The lowest BCUT2D eigenvalue weighted by atomic mass is 9.67. The zero-order valence-electron chi connectivity index (χ0n) is 33.6. The molecule has 0 saturated carbocycles. The molecule has 62 heavy (non-hydrogen) atoms. The van der Waals surface area contributed by atoms with Gasteiger partial charge < -0.3 is 13.7 Å². The van der Waals surface area contributed by atoms with Crippen molar-refractivity contribution in [1.29, 1.82) is 0 Å². The average molecular weight is 792 g/mol. The van der Waals surface area contributed by atoms with Crippen molar-refractivity contribution < 1.29 is 8.83 Å². The van der Waals surface area contributed by atoms with E-state index in [1.54, 1.807) is 0 Å². The second kappa shape index (κ2) is 13.4. The van der Waals surface area contributed by atoms with Crippen LogP contribution in [0, 0.1) is 0 Å². The summed E-state index contributed by atoms with van der Waals surface area (Å²) in [6, 6.07) is 81.2. The van der Waals surface area contributed by atoms with E-state index in [-0.39, 0.29) is 0 Å². The Labute approximate surface area is 358 Å². The summed E-state index contributed by atoms with van der Waals surface area (Å²) >= 11 is 0. The maximum Gasteiger partial charge on any atom is 0.143 e. The van der Waals surface area contributed by atoms with Crippen LogP contribution in [-0.4, -0.2) is 0 Å². The van der Waals surface area contributed by atoms with Crippen molar-refractivity contribution in [2.75, 3.05) is 4.90 Å². The Bertz CT molecular complexity index is 3670. The van der Waals surface area contributed by atoms with Gasteiger partial charge in [-0.15, -0.1) is 0 Å². The third kappa shape index (κ3) is 4.94.